The van der Waals surface area contributed by atoms with E-state index in [1.165, 1.54) is 0 Å². The Labute approximate surface area is 172 Å². The molecule has 0 heterocycles. The first-order valence-corrected chi connectivity index (χ1v) is 9.66. The van der Waals surface area contributed by atoms with Crippen molar-refractivity contribution in [1.29, 1.82) is 0 Å². The average molecular weight is 386 g/mol. The third kappa shape index (κ3) is 4.75. The van der Waals surface area contributed by atoms with Gasteiger partial charge >= 0.3 is 0 Å². The molecule has 3 heteroatoms. The standard InChI is InChI=1S/C26H26O3/c1-4-8-24(26(27)21-9-6-5-7-10-21)25(19-11-15-22(28-2)16-12-19)20-13-17-23(29-3)18-14-20/h4-7,9-18,24-25H,1,8H2,2-3H3. The molecule has 0 saturated carbocycles. The Morgan fingerprint density at radius 2 is 1.31 bits per heavy atom. The number of ketones is 1. The van der Waals surface area contributed by atoms with Gasteiger partial charge in [0, 0.05) is 17.4 Å². The van der Waals surface area contributed by atoms with Crippen LogP contribution in [0.1, 0.15) is 33.8 Å². The molecule has 0 fully saturated rings. The lowest BCUT2D eigenvalue weighted by molar-refractivity contribution is 0.0909. The maximum atomic E-state index is 13.5. The molecule has 148 valence electrons. The van der Waals surface area contributed by atoms with Crippen LogP contribution in [0.4, 0.5) is 0 Å². The van der Waals surface area contributed by atoms with Gasteiger partial charge in [0.05, 0.1) is 14.2 Å². The van der Waals surface area contributed by atoms with Crippen LogP contribution in [-0.4, -0.2) is 20.0 Å². The molecule has 29 heavy (non-hydrogen) atoms. The third-order valence-corrected chi connectivity index (χ3v) is 5.17. The van der Waals surface area contributed by atoms with Crippen LogP contribution < -0.4 is 9.47 Å². The van der Waals surface area contributed by atoms with Gasteiger partial charge < -0.3 is 9.47 Å². The van der Waals surface area contributed by atoms with E-state index in [0.717, 1.165) is 22.6 Å². The normalized spacial score (nSPS) is 11.7. The molecule has 0 aliphatic carbocycles. The van der Waals surface area contributed by atoms with E-state index in [9.17, 15) is 4.79 Å². The number of carbonyl (C=O) groups excluding carboxylic acids is 1. The minimum atomic E-state index is -0.267. The Morgan fingerprint density at radius 3 is 1.72 bits per heavy atom. The molecule has 0 aliphatic heterocycles. The number of ether oxygens (including phenoxy) is 2. The second kappa shape index (κ2) is 9.74. The van der Waals surface area contributed by atoms with E-state index in [4.69, 9.17) is 9.47 Å². The van der Waals surface area contributed by atoms with E-state index in [-0.39, 0.29) is 17.6 Å². The van der Waals surface area contributed by atoms with Crippen molar-refractivity contribution in [2.24, 2.45) is 5.92 Å². The van der Waals surface area contributed by atoms with Crippen molar-refractivity contribution in [3.05, 3.63) is 108 Å². The quantitative estimate of drug-likeness (QED) is 0.339. The van der Waals surface area contributed by atoms with Gasteiger partial charge in [0.1, 0.15) is 11.5 Å². The number of hydrogen-bond acceptors (Lipinski definition) is 3. The first-order valence-electron chi connectivity index (χ1n) is 9.66. The fraction of sp³-hybridized carbons (Fsp3) is 0.192. The molecule has 0 aromatic heterocycles. The molecule has 0 spiro atoms. The van der Waals surface area contributed by atoms with Crippen molar-refractivity contribution in [3.63, 3.8) is 0 Å². The Morgan fingerprint density at radius 1 is 0.828 bits per heavy atom. The van der Waals surface area contributed by atoms with Crippen LogP contribution in [-0.2, 0) is 0 Å². The van der Waals surface area contributed by atoms with Gasteiger partial charge in [-0.2, -0.15) is 0 Å². The molecular formula is C26H26O3. The molecule has 0 bridgehead atoms. The lowest BCUT2D eigenvalue weighted by atomic mass is 9.75. The molecule has 0 saturated heterocycles. The number of carbonyl (C=O) groups is 1. The average Bonchev–Trinajstić information content (AvgIpc) is 2.79. The number of Topliss-reactive ketones (excluding diaryl/α,β-unsaturated/α-hetero) is 1. The van der Waals surface area contributed by atoms with Crippen LogP contribution in [0.15, 0.2) is 91.5 Å². The van der Waals surface area contributed by atoms with Crippen LogP contribution >= 0.6 is 0 Å². The molecule has 0 N–H and O–H groups in total. The predicted molar refractivity (Wildman–Crippen MR) is 117 cm³/mol. The molecule has 1 unspecified atom stereocenters. The van der Waals surface area contributed by atoms with Crippen LogP contribution in [0.5, 0.6) is 11.5 Å². The van der Waals surface area contributed by atoms with Gasteiger partial charge in [-0.25, -0.2) is 0 Å². The van der Waals surface area contributed by atoms with Crippen molar-refractivity contribution >= 4 is 5.78 Å². The maximum Gasteiger partial charge on any atom is 0.167 e. The van der Waals surface area contributed by atoms with Crippen LogP contribution in [0.2, 0.25) is 0 Å². The number of methoxy groups -OCH3 is 2. The summed E-state index contributed by atoms with van der Waals surface area (Å²) in [6.45, 7) is 3.91. The third-order valence-electron chi connectivity index (χ3n) is 5.17. The van der Waals surface area contributed by atoms with Crippen molar-refractivity contribution in [1.82, 2.24) is 0 Å². The van der Waals surface area contributed by atoms with Crippen LogP contribution in [0.25, 0.3) is 0 Å². The van der Waals surface area contributed by atoms with Crippen molar-refractivity contribution < 1.29 is 14.3 Å². The zero-order valence-electron chi connectivity index (χ0n) is 16.9. The fourth-order valence-corrected chi connectivity index (χ4v) is 3.67. The largest absolute Gasteiger partial charge is 0.497 e. The lowest BCUT2D eigenvalue weighted by Crippen LogP contribution is -2.23. The first kappa shape index (κ1) is 20.4. The Kier molecular flexibility index (Phi) is 6.85. The highest BCUT2D eigenvalue weighted by Crippen LogP contribution is 2.37. The summed E-state index contributed by atoms with van der Waals surface area (Å²) in [7, 11) is 3.30. The number of hydrogen-bond donors (Lipinski definition) is 0. The minimum absolute atomic E-state index is 0.113. The lowest BCUT2D eigenvalue weighted by Gasteiger charge is -2.27. The van der Waals surface area contributed by atoms with E-state index < -0.39 is 0 Å². The molecule has 0 aliphatic rings. The van der Waals surface area contributed by atoms with Crippen molar-refractivity contribution in [3.8, 4) is 11.5 Å². The highest BCUT2D eigenvalue weighted by Gasteiger charge is 2.30. The summed E-state index contributed by atoms with van der Waals surface area (Å²) in [4.78, 5) is 13.5. The molecule has 3 aromatic carbocycles. The summed E-state index contributed by atoms with van der Waals surface area (Å²) in [5.41, 5.74) is 2.84. The topological polar surface area (TPSA) is 35.5 Å². The second-order valence-corrected chi connectivity index (χ2v) is 6.89. The van der Waals surface area contributed by atoms with Gasteiger partial charge in [0.15, 0.2) is 5.78 Å². The summed E-state index contributed by atoms with van der Waals surface area (Å²) in [6.07, 6.45) is 2.40. The van der Waals surface area contributed by atoms with E-state index in [1.807, 2.05) is 84.9 Å². The van der Waals surface area contributed by atoms with Gasteiger partial charge in [-0.05, 0) is 41.8 Å². The molecule has 0 radical (unpaired) electrons. The van der Waals surface area contributed by atoms with E-state index in [1.54, 1.807) is 14.2 Å². The molecule has 3 rings (SSSR count). The molecular weight excluding hydrogens is 360 g/mol. The summed E-state index contributed by atoms with van der Waals surface area (Å²) in [5, 5.41) is 0. The summed E-state index contributed by atoms with van der Waals surface area (Å²) >= 11 is 0. The van der Waals surface area contributed by atoms with Gasteiger partial charge in [0.25, 0.3) is 0 Å². The first-order chi connectivity index (χ1) is 14.2. The van der Waals surface area contributed by atoms with E-state index in [0.29, 0.717) is 12.0 Å². The van der Waals surface area contributed by atoms with Crippen LogP contribution in [0.3, 0.4) is 0 Å². The zero-order valence-corrected chi connectivity index (χ0v) is 16.9. The van der Waals surface area contributed by atoms with Gasteiger partial charge in [-0.15, -0.1) is 6.58 Å². The Balaban J connectivity index is 2.09. The number of allylic oxidation sites excluding steroid dienone is 1. The van der Waals surface area contributed by atoms with Gasteiger partial charge in [-0.3, -0.25) is 4.79 Å². The van der Waals surface area contributed by atoms with Gasteiger partial charge in [-0.1, -0.05) is 60.7 Å². The Bertz CT molecular complexity index is 880. The van der Waals surface area contributed by atoms with E-state index in [2.05, 4.69) is 6.58 Å². The smallest absolute Gasteiger partial charge is 0.167 e. The highest BCUT2D eigenvalue weighted by atomic mass is 16.5. The number of benzene rings is 3. The summed E-state index contributed by atoms with van der Waals surface area (Å²) in [6, 6.07) is 25.3. The minimum Gasteiger partial charge on any atom is -0.497 e. The van der Waals surface area contributed by atoms with Gasteiger partial charge in [0.2, 0.25) is 0 Å². The monoisotopic (exact) mass is 386 g/mol. The van der Waals surface area contributed by atoms with Crippen molar-refractivity contribution in [2.45, 2.75) is 12.3 Å². The zero-order chi connectivity index (χ0) is 20.6. The molecule has 0 amide bonds. The summed E-state index contributed by atoms with van der Waals surface area (Å²) < 4.78 is 10.6. The second-order valence-electron chi connectivity index (χ2n) is 6.89. The summed E-state index contributed by atoms with van der Waals surface area (Å²) in [5.74, 6) is 1.31. The maximum absolute atomic E-state index is 13.5. The molecule has 1 atom stereocenters. The number of rotatable bonds is 9. The van der Waals surface area contributed by atoms with E-state index >= 15 is 0 Å². The predicted octanol–water partition coefficient (Wildman–Crippen LogP) is 5.91. The van der Waals surface area contributed by atoms with Crippen LogP contribution in [0, 0.1) is 5.92 Å². The Hall–Kier alpha value is -3.33. The highest BCUT2D eigenvalue weighted by molar-refractivity contribution is 5.98. The molecule has 3 aromatic rings. The van der Waals surface area contributed by atoms with Crippen molar-refractivity contribution in [2.75, 3.05) is 14.2 Å². The SMILES string of the molecule is C=CCC(C(=O)c1ccccc1)C(c1ccc(OC)cc1)c1ccc(OC)cc1. The fourth-order valence-electron chi connectivity index (χ4n) is 3.67. The molecule has 3 nitrogen and oxygen atoms in total.